The highest BCUT2D eigenvalue weighted by Gasteiger charge is 2.47. The summed E-state index contributed by atoms with van der Waals surface area (Å²) >= 11 is 0. The maximum absolute atomic E-state index is 13.3. The van der Waals surface area contributed by atoms with Gasteiger partial charge < -0.3 is 39.6 Å². The largest absolute Gasteiger partial charge is 0.446 e. The van der Waals surface area contributed by atoms with E-state index in [0.29, 0.717) is 26.2 Å². The maximum atomic E-state index is 13.3. The average Bonchev–Trinajstić information content (AvgIpc) is 3.77. The molecule has 0 radical (unpaired) electrons. The lowest BCUT2D eigenvalue weighted by Crippen LogP contribution is -2.54. The number of amides is 2. The van der Waals surface area contributed by atoms with Gasteiger partial charge in [-0.1, -0.05) is 0 Å². The van der Waals surface area contributed by atoms with Crippen molar-refractivity contribution in [3.63, 3.8) is 0 Å². The number of ether oxygens (including phenoxy) is 2. The molecule has 0 spiro atoms. The number of carbonyl (C=O) groups is 4. The fourth-order valence-corrected chi connectivity index (χ4v) is 6.90. The summed E-state index contributed by atoms with van der Waals surface area (Å²) < 4.78 is 11.3. The van der Waals surface area contributed by atoms with Crippen molar-refractivity contribution in [3.05, 3.63) is 32.4 Å². The summed E-state index contributed by atoms with van der Waals surface area (Å²) in [6.07, 6.45) is 4.72. The second-order valence-corrected chi connectivity index (χ2v) is 12.8. The Balaban J connectivity index is 1.37. The molecule has 2 aliphatic carbocycles. The van der Waals surface area contributed by atoms with Crippen molar-refractivity contribution in [2.24, 2.45) is 0 Å². The average molecular weight is 683 g/mol. The molecule has 4 fully saturated rings. The van der Waals surface area contributed by atoms with Crippen LogP contribution in [-0.2, 0) is 38.3 Å². The molecular weight excluding hydrogens is 636 g/mol. The molecule has 2 saturated carbocycles. The highest BCUT2D eigenvalue weighted by Crippen LogP contribution is 2.35. The van der Waals surface area contributed by atoms with E-state index in [1.165, 1.54) is 0 Å². The Kier molecular flexibility index (Phi) is 13.3. The number of nitrogens with zero attached hydrogens (tertiary/aromatic N) is 4. The van der Waals surface area contributed by atoms with Crippen LogP contribution in [0.3, 0.4) is 0 Å². The zero-order valence-electron chi connectivity index (χ0n) is 27.1. The van der Waals surface area contributed by atoms with Crippen molar-refractivity contribution in [1.82, 2.24) is 20.4 Å². The van der Waals surface area contributed by atoms with Crippen molar-refractivity contribution < 1.29 is 48.5 Å². The maximum Gasteiger partial charge on any atom is 0.332 e. The van der Waals surface area contributed by atoms with E-state index in [4.69, 9.17) is 9.47 Å². The summed E-state index contributed by atoms with van der Waals surface area (Å²) in [6.45, 7) is 5.65. The lowest BCUT2D eigenvalue weighted by atomic mass is 9.82. The van der Waals surface area contributed by atoms with Gasteiger partial charge in [0.25, 0.3) is 22.0 Å². The Morgan fingerprint density at radius 2 is 0.979 bits per heavy atom. The topological polar surface area (TPSA) is 222 Å². The Labute approximate surface area is 278 Å². The summed E-state index contributed by atoms with van der Waals surface area (Å²) in [5.41, 5.74) is -3.25. The van der Waals surface area contributed by atoms with E-state index in [-0.39, 0.29) is 51.4 Å². The molecule has 2 heterocycles. The van der Waals surface area contributed by atoms with Crippen molar-refractivity contribution in [3.8, 4) is 0 Å². The van der Waals surface area contributed by atoms with E-state index in [2.05, 4.69) is 30.1 Å². The molecule has 2 amide bonds. The van der Waals surface area contributed by atoms with Gasteiger partial charge >= 0.3 is 11.9 Å². The fraction of sp³-hybridized carbons (Fsp3) is 0.800. The lowest BCUT2D eigenvalue weighted by Gasteiger charge is -2.37. The molecule has 2 saturated heterocycles. The number of esters is 2. The minimum Gasteiger partial charge on any atom is -0.446 e. The van der Waals surface area contributed by atoms with Gasteiger partial charge in [-0.25, -0.2) is 9.59 Å². The third kappa shape index (κ3) is 10.7. The molecule has 18 heteroatoms. The highest BCUT2D eigenvalue weighted by molar-refractivity contribution is 5.96. The van der Waals surface area contributed by atoms with E-state index in [9.17, 15) is 39.4 Å². The Morgan fingerprint density at radius 1 is 0.646 bits per heavy atom. The molecule has 0 aromatic rings. The second kappa shape index (κ2) is 17.4. The Bertz CT molecular complexity index is 1100. The van der Waals surface area contributed by atoms with Crippen LogP contribution in [0, 0.1) is 20.2 Å². The number of carbonyl (C=O) groups excluding carboxylic acids is 4. The molecule has 0 atom stereocenters. The van der Waals surface area contributed by atoms with Gasteiger partial charge in [0.1, 0.15) is 12.2 Å². The number of likely N-dealkylation sites (tertiary alicyclic amines) is 2. The third-order valence-electron chi connectivity index (χ3n) is 9.55. The monoisotopic (exact) mass is 682 g/mol. The first-order valence-corrected chi connectivity index (χ1v) is 16.8. The number of hydrogen-bond acceptors (Lipinski definition) is 14. The van der Waals surface area contributed by atoms with Gasteiger partial charge in [0.15, 0.2) is 11.2 Å². The van der Waals surface area contributed by atoms with Crippen LogP contribution in [-0.4, -0.2) is 119 Å². The van der Waals surface area contributed by atoms with Crippen molar-refractivity contribution in [1.29, 1.82) is 0 Å². The highest BCUT2D eigenvalue weighted by atomic mass is 17.0. The molecule has 0 unspecified atom stereocenters. The van der Waals surface area contributed by atoms with Crippen LogP contribution in [0.1, 0.15) is 77.0 Å². The van der Waals surface area contributed by atoms with E-state index >= 15 is 0 Å². The van der Waals surface area contributed by atoms with Crippen LogP contribution in [0.5, 0.6) is 0 Å². The minimum absolute atomic E-state index is 0.0286. The first kappa shape index (κ1) is 36.8. The van der Waals surface area contributed by atoms with Crippen LogP contribution in [0.4, 0.5) is 0 Å². The molecule has 2 N–H and O–H groups in total. The number of hydrogen-bond donors (Lipinski definition) is 2. The van der Waals surface area contributed by atoms with Crippen LogP contribution in [0.25, 0.3) is 0 Å². The van der Waals surface area contributed by atoms with Gasteiger partial charge in [-0.15, -0.1) is 20.2 Å². The summed E-state index contributed by atoms with van der Waals surface area (Å²) in [7, 11) is 0. The van der Waals surface area contributed by atoms with E-state index in [1.54, 1.807) is 0 Å². The normalized spacial score (nSPS) is 28.0. The van der Waals surface area contributed by atoms with Gasteiger partial charge in [-0.2, -0.15) is 0 Å². The summed E-state index contributed by atoms with van der Waals surface area (Å²) in [5, 5.41) is 25.5. The van der Waals surface area contributed by atoms with Crippen LogP contribution < -0.4 is 10.6 Å². The molecule has 4 rings (SSSR count). The van der Waals surface area contributed by atoms with Crippen molar-refractivity contribution >= 4 is 23.8 Å². The summed E-state index contributed by atoms with van der Waals surface area (Å²) in [5.74, 6) is -3.10. The minimum atomic E-state index is -1.63. The van der Waals surface area contributed by atoms with E-state index in [0.717, 1.165) is 64.0 Å². The van der Waals surface area contributed by atoms with Crippen molar-refractivity contribution in [2.45, 2.75) is 100 Å². The number of nitrogens with one attached hydrogen (secondary N) is 2. The van der Waals surface area contributed by atoms with Gasteiger partial charge in [0.2, 0.25) is 0 Å². The standard InChI is InChI=1S/C30H46N6O12/c37-25(45-29(11-7-23(8-12-29)47-35(41)42)27(39)31-15-21-33-17-1-2-18-33)5-6-26(38)46-30(13-9-24(10-14-30)48-36(43)44)28(40)32-16-22-34-19-3-4-20-34/h5-6,23-24H,1-4,7-22H2,(H,31,39)(H,32,40)/b6-5-. The smallest absolute Gasteiger partial charge is 0.332 e. The molecule has 4 aliphatic rings. The van der Waals surface area contributed by atoms with E-state index < -0.39 is 57.3 Å². The lowest BCUT2D eigenvalue weighted by molar-refractivity contribution is -0.769. The van der Waals surface area contributed by atoms with Gasteiger partial charge in [0, 0.05) is 38.3 Å². The molecule has 268 valence electrons. The Hall–Kier alpha value is -4.06. The molecule has 0 aromatic carbocycles. The van der Waals surface area contributed by atoms with Crippen LogP contribution in [0.15, 0.2) is 12.2 Å². The second-order valence-electron chi connectivity index (χ2n) is 12.8. The fourth-order valence-electron chi connectivity index (χ4n) is 6.90. The third-order valence-corrected chi connectivity index (χ3v) is 9.55. The molecule has 0 aromatic heterocycles. The predicted molar refractivity (Wildman–Crippen MR) is 165 cm³/mol. The molecule has 48 heavy (non-hydrogen) atoms. The molecule has 0 bridgehead atoms. The zero-order chi connectivity index (χ0) is 34.6. The van der Waals surface area contributed by atoms with Crippen LogP contribution >= 0.6 is 0 Å². The van der Waals surface area contributed by atoms with Gasteiger partial charge in [-0.3, -0.25) is 9.59 Å². The Morgan fingerprint density at radius 3 is 1.29 bits per heavy atom. The summed E-state index contributed by atoms with van der Waals surface area (Å²) in [4.78, 5) is 88.0. The SMILES string of the molecule is O=C(/C=C\C(=O)OC1(C(=O)NCCN2CCCC2)CCC(O[N+](=O)[O-])CC1)OC1(C(=O)NCCN2CCCC2)CCC(O[N+](=O)[O-])CC1. The number of rotatable bonds is 16. The van der Waals surface area contributed by atoms with E-state index in [1.807, 2.05) is 0 Å². The van der Waals surface area contributed by atoms with Crippen molar-refractivity contribution in [2.75, 3.05) is 52.4 Å². The van der Waals surface area contributed by atoms with Gasteiger partial charge in [0.05, 0.1) is 0 Å². The molecule has 18 nitrogen and oxygen atoms in total. The quantitative estimate of drug-likeness (QED) is 0.0997. The van der Waals surface area contributed by atoms with Gasteiger partial charge in [-0.05, 0) is 103 Å². The molecular formula is C30H46N6O12. The first-order valence-electron chi connectivity index (χ1n) is 16.8. The molecule has 2 aliphatic heterocycles. The first-order chi connectivity index (χ1) is 23.0. The zero-order valence-corrected chi connectivity index (χ0v) is 27.1. The summed E-state index contributed by atoms with van der Waals surface area (Å²) in [6, 6.07) is 0. The predicted octanol–water partition coefficient (Wildman–Crippen LogP) is 0.832. The van der Waals surface area contributed by atoms with Crippen LogP contribution in [0.2, 0.25) is 0 Å².